The molecular formula is C17H24O3. The number of aryl methyl sites for hydroxylation is 1. The van der Waals surface area contributed by atoms with Gasteiger partial charge in [-0.2, -0.15) is 0 Å². The number of hydrogen-bond acceptors (Lipinski definition) is 3. The minimum atomic E-state index is -0.406. The number of esters is 1. The number of benzene rings is 1. The van der Waals surface area contributed by atoms with Crippen molar-refractivity contribution in [1.82, 2.24) is 0 Å². The van der Waals surface area contributed by atoms with Crippen LogP contribution in [0.1, 0.15) is 58.1 Å². The van der Waals surface area contributed by atoms with Gasteiger partial charge >= 0.3 is 5.97 Å². The Balaban J connectivity index is 2.56. The Kier molecular flexibility index (Phi) is 3.57. The van der Waals surface area contributed by atoms with Crippen LogP contribution in [0, 0.1) is 12.3 Å². The number of rotatable bonds is 2. The van der Waals surface area contributed by atoms with Crippen molar-refractivity contribution in [2.45, 2.75) is 59.3 Å². The third-order valence-corrected chi connectivity index (χ3v) is 5.14. The first kappa shape index (κ1) is 14.9. The molecule has 0 saturated heterocycles. The van der Waals surface area contributed by atoms with E-state index >= 15 is 0 Å². The molecule has 1 atom stereocenters. The molecular weight excluding hydrogens is 252 g/mol. The number of ether oxygens (including phenoxy) is 1. The van der Waals surface area contributed by atoms with E-state index in [0.717, 1.165) is 30.4 Å². The summed E-state index contributed by atoms with van der Waals surface area (Å²) >= 11 is 0. The van der Waals surface area contributed by atoms with Crippen molar-refractivity contribution in [2.24, 2.45) is 5.41 Å². The summed E-state index contributed by atoms with van der Waals surface area (Å²) in [5.41, 5.74) is 1.69. The minimum absolute atomic E-state index is 0.0975. The van der Waals surface area contributed by atoms with Crippen molar-refractivity contribution in [1.29, 1.82) is 0 Å². The Labute approximate surface area is 121 Å². The van der Waals surface area contributed by atoms with Crippen LogP contribution in [0.25, 0.3) is 0 Å². The average molecular weight is 276 g/mol. The van der Waals surface area contributed by atoms with Crippen LogP contribution >= 0.6 is 0 Å². The number of phenols is 1. The molecule has 0 aliphatic heterocycles. The third kappa shape index (κ3) is 2.19. The van der Waals surface area contributed by atoms with Crippen molar-refractivity contribution in [2.75, 3.05) is 0 Å². The molecule has 0 unspecified atom stereocenters. The van der Waals surface area contributed by atoms with Gasteiger partial charge in [0.1, 0.15) is 0 Å². The van der Waals surface area contributed by atoms with Gasteiger partial charge in [-0.05, 0) is 30.7 Å². The molecule has 1 aliphatic carbocycles. The van der Waals surface area contributed by atoms with Gasteiger partial charge in [-0.1, -0.05) is 39.3 Å². The predicted molar refractivity (Wildman–Crippen MR) is 79.1 cm³/mol. The number of aromatic hydroxyl groups is 1. The van der Waals surface area contributed by atoms with Crippen LogP contribution in [0.3, 0.4) is 0 Å². The second-order valence-electron chi connectivity index (χ2n) is 6.77. The molecule has 0 spiro atoms. The highest BCUT2D eigenvalue weighted by atomic mass is 16.5. The largest absolute Gasteiger partial charge is 0.504 e. The Hall–Kier alpha value is -1.51. The van der Waals surface area contributed by atoms with Gasteiger partial charge in [0.25, 0.3) is 0 Å². The van der Waals surface area contributed by atoms with Crippen LogP contribution < -0.4 is 4.74 Å². The Bertz CT molecular complexity index is 545. The quantitative estimate of drug-likeness (QED) is 0.653. The fourth-order valence-electron chi connectivity index (χ4n) is 3.39. The molecule has 1 saturated carbocycles. The smallest absolute Gasteiger partial charge is 0.308 e. The Morgan fingerprint density at radius 2 is 1.90 bits per heavy atom. The van der Waals surface area contributed by atoms with E-state index in [2.05, 4.69) is 20.8 Å². The molecule has 2 rings (SSSR count). The van der Waals surface area contributed by atoms with Gasteiger partial charge in [0.15, 0.2) is 11.5 Å². The lowest BCUT2D eigenvalue weighted by Crippen LogP contribution is -2.34. The normalized spacial score (nSPS) is 24.6. The Morgan fingerprint density at radius 1 is 1.25 bits per heavy atom. The maximum absolute atomic E-state index is 11.2. The summed E-state index contributed by atoms with van der Waals surface area (Å²) < 4.78 is 5.20. The summed E-state index contributed by atoms with van der Waals surface area (Å²) in [6.07, 6.45) is 3.33. The number of carbonyl (C=O) groups excluding carboxylic acids is 1. The van der Waals surface area contributed by atoms with Crippen molar-refractivity contribution in [3.8, 4) is 11.5 Å². The molecule has 3 heteroatoms. The van der Waals surface area contributed by atoms with Gasteiger partial charge < -0.3 is 9.84 Å². The highest BCUT2D eigenvalue weighted by Crippen LogP contribution is 2.57. The molecule has 1 aliphatic rings. The molecule has 20 heavy (non-hydrogen) atoms. The van der Waals surface area contributed by atoms with Gasteiger partial charge in [0, 0.05) is 17.9 Å². The van der Waals surface area contributed by atoms with Gasteiger partial charge in [-0.25, -0.2) is 0 Å². The molecule has 1 aromatic rings. The molecule has 1 N–H and O–H groups in total. The van der Waals surface area contributed by atoms with E-state index in [9.17, 15) is 9.90 Å². The van der Waals surface area contributed by atoms with Crippen LogP contribution in [-0.4, -0.2) is 11.1 Å². The van der Waals surface area contributed by atoms with Crippen LogP contribution in [-0.2, 0) is 10.2 Å². The maximum atomic E-state index is 11.2. The SMILES string of the molecule is CC(=O)Oc1c(C)ccc([C@@]2(C)CCCC2(C)C)c1O. The lowest BCUT2D eigenvalue weighted by atomic mass is 9.65. The predicted octanol–water partition coefficient (Wildman–Crippen LogP) is 4.09. The standard InChI is InChI=1S/C17H24O3/c1-11-7-8-13(14(19)15(11)20-12(2)18)17(5)10-6-9-16(17,3)4/h7-8,19H,6,9-10H2,1-5H3/t17-/m1/s1. The average Bonchev–Trinajstić information content (AvgIpc) is 2.59. The van der Waals surface area contributed by atoms with Gasteiger partial charge in [-0.3, -0.25) is 4.79 Å². The zero-order valence-corrected chi connectivity index (χ0v) is 13.0. The number of carbonyl (C=O) groups is 1. The highest BCUT2D eigenvalue weighted by molar-refractivity contribution is 5.71. The van der Waals surface area contributed by atoms with E-state index in [-0.39, 0.29) is 16.6 Å². The first-order valence-electron chi connectivity index (χ1n) is 7.20. The van der Waals surface area contributed by atoms with Crippen molar-refractivity contribution in [3.63, 3.8) is 0 Å². The van der Waals surface area contributed by atoms with Gasteiger partial charge in [-0.15, -0.1) is 0 Å². The van der Waals surface area contributed by atoms with Crippen molar-refractivity contribution >= 4 is 5.97 Å². The molecule has 1 aromatic carbocycles. The lowest BCUT2D eigenvalue weighted by molar-refractivity contribution is -0.132. The highest BCUT2D eigenvalue weighted by Gasteiger charge is 2.47. The first-order chi connectivity index (χ1) is 9.19. The third-order valence-electron chi connectivity index (χ3n) is 5.14. The lowest BCUT2D eigenvalue weighted by Gasteiger charge is -2.39. The van der Waals surface area contributed by atoms with E-state index in [0.29, 0.717) is 5.75 Å². The molecule has 0 amide bonds. The van der Waals surface area contributed by atoms with Crippen LogP contribution in [0.5, 0.6) is 11.5 Å². The molecule has 1 fully saturated rings. The zero-order valence-electron chi connectivity index (χ0n) is 13.0. The molecule has 0 heterocycles. The molecule has 0 bridgehead atoms. The molecule has 0 aromatic heterocycles. The fraction of sp³-hybridized carbons (Fsp3) is 0.588. The monoisotopic (exact) mass is 276 g/mol. The van der Waals surface area contributed by atoms with Crippen LogP contribution in [0.15, 0.2) is 12.1 Å². The van der Waals surface area contributed by atoms with Gasteiger partial charge in [0.2, 0.25) is 0 Å². The first-order valence-corrected chi connectivity index (χ1v) is 7.20. The van der Waals surface area contributed by atoms with Crippen molar-refractivity contribution in [3.05, 3.63) is 23.3 Å². The minimum Gasteiger partial charge on any atom is -0.504 e. The second-order valence-corrected chi connectivity index (χ2v) is 6.77. The fourth-order valence-corrected chi connectivity index (χ4v) is 3.39. The summed E-state index contributed by atoms with van der Waals surface area (Å²) in [5.74, 6) is 0.0213. The summed E-state index contributed by atoms with van der Waals surface area (Å²) in [6.45, 7) is 9.87. The topological polar surface area (TPSA) is 46.5 Å². The van der Waals surface area contributed by atoms with Crippen LogP contribution in [0.4, 0.5) is 0 Å². The second kappa shape index (κ2) is 4.80. The van der Waals surface area contributed by atoms with Gasteiger partial charge in [0.05, 0.1) is 0 Å². The summed E-state index contributed by atoms with van der Waals surface area (Å²) in [6, 6.07) is 3.90. The van der Waals surface area contributed by atoms with E-state index in [1.807, 2.05) is 19.1 Å². The number of phenolic OH excluding ortho intramolecular Hbond substituents is 1. The molecule has 3 nitrogen and oxygen atoms in total. The van der Waals surface area contributed by atoms with E-state index < -0.39 is 5.97 Å². The zero-order chi connectivity index (χ0) is 15.1. The summed E-state index contributed by atoms with van der Waals surface area (Å²) in [7, 11) is 0. The molecule has 110 valence electrons. The van der Waals surface area contributed by atoms with E-state index in [1.165, 1.54) is 6.92 Å². The van der Waals surface area contributed by atoms with E-state index in [1.54, 1.807) is 0 Å². The number of hydrogen-bond donors (Lipinski definition) is 1. The summed E-state index contributed by atoms with van der Waals surface area (Å²) in [5, 5.41) is 10.6. The summed E-state index contributed by atoms with van der Waals surface area (Å²) in [4.78, 5) is 11.2. The van der Waals surface area contributed by atoms with E-state index in [4.69, 9.17) is 4.74 Å². The van der Waals surface area contributed by atoms with Crippen LogP contribution in [0.2, 0.25) is 0 Å². The Morgan fingerprint density at radius 3 is 2.40 bits per heavy atom. The molecule has 0 radical (unpaired) electrons. The van der Waals surface area contributed by atoms with Crippen molar-refractivity contribution < 1.29 is 14.6 Å². The maximum Gasteiger partial charge on any atom is 0.308 e.